The molecule has 0 atom stereocenters. The van der Waals surface area contributed by atoms with Gasteiger partial charge in [-0.15, -0.1) is 0 Å². The average Bonchev–Trinajstić information content (AvgIpc) is 2.35. The number of hydrogen-bond donors (Lipinski definition) is 1. The van der Waals surface area contributed by atoms with Crippen LogP contribution < -0.4 is 0 Å². The zero-order valence-electron chi connectivity index (χ0n) is 13.1. The van der Waals surface area contributed by atoms with Crippen molar-refractivity contribution >= 4 is 31.6 Å². The summed E-state index contributed by atoms with van der Waals surface area (Å²) in [4.78, 5) is 21.7. The maximum Gasteiger partial charge on any atom is 0.306 e. The highest BCUT2D eigenvalue weighted by atomic mass is 32.3. The SMILES string of the molecule is CS(=O)(=O)C(CCOC(=O)CC/C=C/CCC(=O)O)S(C)(=O)=O. The Morgan fingerprint density at radius 1 is 1.00 bits per heavy atom. The summed E-state index contributed by atoms with van der Waals surface area (Å²) in [5.41, 5.74) is 0. The number of rotatable bonds is 11. The Hall–Kier alpha value is -1.42. The highest BCUT2D eigenvalue weighted by molar-refractivity contribution is 8.08. The first-order chi connectivity index (χ1) is 10.4. The summed E-state index contributed by atoms with van der Waals surface area (Å²) < 4.78 is 48.8. The lowest BCUT2D eigenvalue weighted by molar-refractivity contribution is -0.143. The molecule has 0 rings (SSSR count). The molecule has 0 bridgehead atoms. The van der Waals surface area contributed by atoms with Crippen molar-refractivity contribution < 1.29 is 36.3 Å². The monoisotopic (exact) mass is 370 g/mol. The van der Waals surface area contributed by atoms with Crippen molar-refractivity contribution in [3.05, 3.63) is 12.2 Å². The van der Waals surface area contributed by atoms with Crippen LogP contribution in [0.25, 0.3) is 0 Å². The molecule has 0 aliphatic heterocycles. The minimum Gasteiger partial charge on any atom is -0.481 e. The van der Waals surface area contributed by atoms with E-state index in [4.69, 9.17) is 9.84 Å². The number of hydrogen-bond acceptors (Lipinski definition) is 7. The molecule has 134 valence electrons. The second-order valence-electron chi connectivity index (χ2n) is 5.04. The third-order valence-corrected chi connectivity index (χ3v) is 7.26. The fourth-order valence-corrected chi connectivity index (χ4v) is 5.32. The van der Waals surface area contributed by atoms with Crippen LogP contribution in [0.3, 0.4) is 0 Å². The number of aliphatic carboxylic acids is 1. The predicted octanol–water partition coefficient (Wildman–Crippen LogP) is 0.536. The molecule has 0 fully saturated rings. The molecule has 0 aromatic carbocycles. The van der Waals surface area contributed by atoms with Gasteiger partial charge >= 0.3 is 11.9 Å². The van der Waals surface area contributed by atoms with E-state index in [2.05, 4.69) is 0 Å². The molecular formula is C13H22O8S2. The maximum atomic E-state index is 11.4. The van der Waals surface area contributed by atoms with Crippen LogP contribution in [0.1, 0.15) is 32.1 Å². The van der Waals surface area contributed by atoms with Crippen molar-refractivity contribution in [2.45, 2.75) is 36.7 Å². The summed E-state index contributed by atoms with van der Waals surface area (Å²) >= 11 is 0. The second-order valence-corrected chi connectivity index (χ2v) is 9.79. The molecule has 0 aliphatic carbocycles. The fourth-order valence-electron chi connectivity index (χ4n) is 1.73. The molecule has 1 N–H and O–H groups in total. The van der Waals surface area contributed by atoms with E-state index in [-0.39, 0.29) is 25.9 Å². The molecule has 0 aliphatic rings. The van der Waals surface area contributed by atoms with Crippen molar-refractivity contribution in [2.75, 3.05) is 19.1 Å². The molecule has 0 amide bonds. The lowest BCUT2D eigenvalue weighted by Crippen LogP contribution is -2.30. The first-order valence-corrected chi connectivity index (χ1v) is 10.8. The van der Waals surface area contributed by atoms with E-state index in [1.54, 1.807) is 12.2 Å². The van der Waals surface area contributed by atoms with Crippen molar-refractivity contribution in [1.82, 2.24) is 0 Å². The molecule has 10 heteroatoms. The van der Waals surface area contributed by atoms with E-state index in [0.29, 0.717) is 12.8 Å². The second kappa shape index (κ2) is 9.66. The van der Waals surface area contributed by atoms with E-state index in [9.17, 15) is 26.4 Å². The number of sulfone groups is 2. The smallest absolute Gasteiger partial charge is 0.306 e. The number of esters is 1. The van der Waals surface area contributed by atoms with Gasteiger partial charge < -0.3 is 9.84 Å². The van der Waals surface area contributed by atoms with Gasteiger partial charge in [0.1, 0.15) is 0 Å². The largest absolute Gasteiger partial charge is 0.481 e. The van der Waals surface area contributed by atoms with Crippen LogP contribution in [0, 0.1) is 0 Å². The number of carboxylic acids is 1. The van der Waals surface area contributed by atoms with Crippen LogP contribution in [0.5, 0.6) is 0 Å². The molecule has 0 aromatic rings. The van der Waals surface area contributed by atoms with Crippen molar-refractivity contribution in [1.29, 1.82) is 0 Å². The van der Waals surface area contributed by atoms with Gasteiger partial charge in [0.2, 0.25) is 0 Å². The van der Waals surface area contributed by atoms with Crippen molar-refractivity contribution in [2.24, 2.45) is 0 Å². The molecule has 0 unspecified atom stereocenters. The topological polar surface area (TPSA) is 132 Å². The summed E-state index contributed by atoms with van der Waals surface area (Å²) in [6.45, 7) is -0.299. The summed E-state index contributed by atoms with van der Waals surface area (Å²) in [5.74, 6) is -1.48. The summed E-state index contributed by atoms with van der Waals surface area (Å²) in [7, 11) is -7.59. The van der Waals surface area contributed by atoms with Gasteiger partial charge in [-0.3, -0.25) is 9.59 Å². The van der Waals surface area contributed by atoms with Crippen LogP contribution in [0.2, 0.25) is 0 Å². The van der Waals surface area contributed by atoms with Gasteiger partial charge in [-0.1, -0.05) is 12.2 Å². The molecule has 0 heterocycles. The third kappa shape index (κ3) is 10.9. The minimum atomic E-state index is -3.79. The van der Waals surface area contributed by atoms with E-state index in [1.165, 1.54) is 0 Å². The van der Waals surface area contributed by atoms with Gasteiger partial charge in [0, 0.05) is 31.8 Å². The number of ether oxygens (including phenoxy) is 1. The summed E-state index contributed by atoms with van der Waals surface area (Å²) in [5, 5.41) is 8.42. The molecule has 0 radical (unpaired) electrons. The number of carboxylic acid groups (broad SMARTS) is 1. The molecule has 0 spiro atoms. The molecule has 8 nitrogen and oxygen atoms in total. The lowest BCUT2D eigenvalue weighted by atomic mass is 10.2. The Balaban J connectivity index is 4.13. The number of carbonyl (C=O) groups excluding carboxylic acids is 1. The predicted molar refractivity (Wildman–Crippen MR) is 84.3 cm³/mol. The van der Waals surface area contributed by atoms with Gasteiger partial charge in [0.05, 0.1) is 6.61 Å². The van der Waals surface area contributed by atoms with Crippen LogP contribution in [-0.2, 0) is 34.0 Å². The van der Waals surface area contributed by atoms with Crippen LogP contribution in [-0.4, -0.2) is 57.6 Å². The quantitative estimate of drug-likeness (QED) is 0.411. The van der Waals surface area contributed by atoms with Crippen molar-refractivity contribution in [3.8, 4) is 0 Å². The first-order valence-electron chi connectivity index (χ1n) is 6.84. The average molecular weight is 370 g/mol. The molecular weight excluding hydrogens is 348 g/mol. The Labute approximate surface area is 136 Å². The zero-order valence-corrected chi connectivity index (χ0v) is 14.7. The summed E-state index contributed by atoms with van der Waals surface area (Å²) in [6, 6.07) is 0. The number of allylic oxidation sites excluding steroid dienone is 2. The fraction of sp³-hybridized carbons (Fsp3) is 0.692. The molecule has 0 aromatic heterocycles. The van der Waals surface area contributed by atoms with Crippen LogP contribution >= 0.6 is 0 Å². The standard InChI is InChI=1S/C13H22O8S2/c1-22(17,18)13(23(2,19)20)9-10-21-12(16)8-6-4-3-5-7-11(14)15/h3-4,13H,5-10H2,1-2H3,(H,14,15)/b4-3+. The highest BCUT2D eigenvalue weighted by Gasteiger charge is 2.31. The Kier molecular flexibility index (Phi) is 9.06. The van der Waals surface area contributed by atoms with E-state index < -0.39 is 36.2 Å². The van der Waals surface area contributed by atoms with Gasteiger partial charge in [-0.2, -0.15) is 0 Å². The Bertz CT molecular complexity index is 599. The third-order valence-electron chi connectivity index (χ3n) is 2.78. The van der Waals surface area contributed by atoms with E-state index in [0.717, 1.165) is 12.5 Å². The highest BCUT2D eigenvalue weighted by Crippen LogP contribution is 2.12. The summed E-state index contributed by atoms with van der Waals surface area (Å²) in [6.07, 6.45) is 5.42. The molecule has 23 heavy (non-hydrogen) atoms. The zero-order chi connectivity index (χ0) is 18.1. The van der Waals surface area contributed by atoms with E-state index in [1.807, 2.05) is 0 Å². The van der Waals surface area contributed by atoms with Gasteiger partial charge in [-0.25, -0.2) is 16.8 Å². The lowest BCUT2D eigenvalue weighted by Gasteiger charge is -2.13. The number of carbonyl (C=O) groups is 2. The van der Waals surface area contributed by atoms with Crippen LogP contribution in [0.4, 0.5) is 0 Å². The normalized spacial score (nSPS) is 12.7. The van der Waals surface area contributed by atoms with Crippen LogP contribution in [0.15, 0.2) is 12.2 Å². The molecule has 0 saturated heterocycles. The maximum absolute atomic E-state index is 11.4. The Morgan fingerprint density at radius 3 is 1.91 bits per heavy atom. The van der Waals surface area contributed by atoms with Crippen molar-refractivity contribution in [3.63, 3.8) is 0 Å². The van der Waals surface area contributed by atoms with Gasteiger partial charge in [0.15, 0.2) is 24.3 Å². The minimum absolute atomic E-state index is 0.0132. The van der Waals surface area contributed by atoms with E-state index >= 15 is 0 Å². The molecule has 0 saturated carbocycles. The van der Waals surface area contributed by atoms with Gasteiger partial charge in [0.25, 0.3) is 0 Å². The first kappa shape index (κ1) is 21.6. The Morgan fingerprint density at radius 2 is 1.48 bits per heavy atom. The van der Waals surface area contributed by atoms with Gasteiger partial charge in [-0.05, 0) is 12.8 Å².